The molecule has 0 bridgehead atoms. The zero-order chi connectivity index (χ0) is 18.6. The van der Waals surface area contributed by atoms with E-state index in [1.807, 2.05) is 30.1 Å². The Hall–Kier alpha value is -2.73. The van der Waals surface area contributed by atoms with E-state index in [0.717, 1.165) is 45.0 Å². The highest BCUT2D eigenvalue weighted by molar-refractivity contribution is 5.67. The van der Waals surface area contributed by atoms with E-state index in [4.69, 9.17) is 0 Å². The minimum absolute atomic E-state index is 0.957. The third-order valence-electron chi connectivity index (χ3n) is 5.15. The lowest BCUT2D eigenvalue weighted by Gasteiger charge is -2.23. The van der Waals surface area contributed by atoms with Crippen LogP contribution in [0.3, 0.4) is 0 Å². The molecule has 3 heterocycles. The van der Waals surface area contributed by atoms with Crippen molar-refractivity contribution >= 4 is 5.82 Å². The fourth-order valence-corrected chi connectivity index (χ4v) is 3.72. The van der Waals surface area contributed by atoms with Crippen molar-refractivity contribution in [1.29, 1.82) is 0 Å². The Morgan fingerprint density at radius 1 is 1.07 bits per heavy atom. The molecule has 0 aliphatic carbocycles. The quantitative estimate of drug-likeness (QED) is 0.714. The molecule has 1 saturated heterocycles. The molecule has 1 fully saturated rings. The van der Waals surface area contributed by atoms with Gasteiger partial charge in [0, 0.05) is 57.7 Å². The standard InChI is InChI=1S/C21H26N6/c1-17-6-7-18(20(13-17)19-14-23-25(2)15-19)16-26-9-4-10-27(12-11-26)21-5-3-8-22-24-21/h3,5-8,13-15H,4,9-12,16H2,1-2H3. The Labute approximate surface area is 160 Å². The smallest absolute Gasteiger partial charge is 0.151 e. The minimum atomic E-state index is 0.957. The molecule has 0 saturated carbocycles. The molecule has 4 rings (SSSR count). The van der Waals surface area contributed by atoms with Crippen LogP contribution < -0.4 is 4.90 Å². The zero-order valence-corrected chi connectivity index (χ0v) is 16.0. The number of hydrogen-bond acceptors (Lipinski definition) is 5. The van der Waals surface area contributed by atoms with Crippen molar-refractivity contribution in [2.45, 2.75) is 19.9 Å². The van der Waals surface area contributed by atoms with Gasteiger partial charge in [0.1, 0.15) is 0 Å². The van der Waals surface area contributed by atoms with Crippen molar-refractivity contribution in [1.82, 2.24) is 24.9 Å². The average Bonchev–Trinajstić information content (AvgIpc) is 2.98. The van der Waals surface area contributed by atoms with Gasteiger partial charge in [-0.2, -0.15) is 10.2 Å². The molecule has 27 heavy (non-hydrogen) atoms. The maximum Gasteiger partial charge on any atom is 0.151 e. The van der Waals surface area contributed by atoms with E-state index in [0.29, 0.717) is 0 Å². The van der Waals surface area contributed by atoms with Crippen LogP contribution in [0.5, 0.6) is 0 Å². The van der Waals surface area contributed by atoms with Crippen molar-refractivity contribution in [3.05, 3.63) is 60.0 Å². The minimum Gasteiger partial charge on any atom is -0.354 e. The van der Waals surface area contributed by atoms with Gasteiger partial charge in [0.25, 0.3) is 0 Å². The Morgan fingerprint density at radius 2 is 2.00 bits per heavy atom. The van der Waals surface area contributed by atoms with Gasteiger partial charge < -0.3 is 4.90 Å². The van der Waals surface area contributed by atoms with Gasteiger partial charge in [-0.1, -0.05) is 23.8 Å². The SMILES string of the molecule is Cc1ccc(CN2CCCN(c3cccnn3)CC2)c(-c2cnn(C)c2)c1. The molecule has 1 aliphatic rings. The monoisotopic (exact) mass is 362 g/mol. The van der Waals surface area contributed by atoms with Gasteiger partial charge in [-0.15, -0.1) is 5.10 Å². The van der Waals surface area contributed by atoms with E-state index >= 15 is 0 Å². The van der Waals surface area contributed by atoms with Crippen molar-refractivity contribution < 1.29 is 0 Å². The summed E-state index contributed by atoms with van der Waals surface area (Å²) in [6, 6.07) is 10.7. The highest BCUT2D eigenvalue weighted by Gasteiger charge is 2.18. The van der Waals surface area contributed by atoms with E-state index in [9.17, 15) is 0 Å². The third-order valence-corrected chi connectivity index (χ3v) is 5.15. The molecular formula is C21H26N6. The molecule has 6 heteroatoms. The first-order valence-corrected chi connectivity index (χ1v) is 9.52. The lowest BCUT2D eigenvalue weighted by molar-refractivity contribution is 0.286. The summed E-state index contributed by atoms with van der Waals surface area (Å²) in [5, 5.41) is 12.6. The molecule has 2 aromatic heterocycles. The topological polar surface area (TPSA) is 50.1 Å². The first-order valence-electron chi connectivity index (χ1n) is 9.52. The van der Waals surface area contributed by atoms with Crippen molar-refractivity contribution in [3.8, 4) is 11.1 Å². The van der Waals surface area contributed by atoms with Crippen LogP contribution in [0.25, 0.3) is 11.1 Å². The predicted molar refractivity (Wildman–Crippen MR) is 108 cm³/mol. The van der Waals surface area contributed by atoms with E-state index in [-0.39, 0.29) is 0 Å². The third kappa shape index (κ3) is 4.17. The molecule has 0 N–H and O–H groups in total. The molecular weight excluding hydrogens is 336 g/mol. The number of aromatic nitrogens is 4. The highest BCUT2D eigenvalue weighted by Crippen LogP contribution is 2.26. The molecule has 0 radical (unpaired) electrons. The molecule has 0 unspecified atom stereocenters. The maximum absolute atomic E-state index is 4.35. The summed E-state index contributed by atoms with van der Waals surface area (Å²) in [6.07, 6.45) is 6.91. The van der Waals surface area contributed by atoms with Crippen LogP contribution in [-0.2, 0) is 13.6 Å². The largest absolute Gasteiger partial charge is 0.354 e. The maximum atomic E-state index is 4.35. The summed E-state index contributed by atoms with van der Waals surface area (Å²) in [4.78, 5) is 4.88. The number of nitrogens with zero attached hydrogens (tertiary/aromatic N) is 6. The fraction of sp³-hybridized carbons (Fsp3) is 0.381. The molecule has 0 atom stereocenters. The lowest BCUT2D eigenvalue weighted by atomic mass is 9.99. The summed E-state index contributed by atoms with van der Waals surface area (Å²) in [5.74, 6) is 0.978. The first-order chi connectivity index (χ1) is 13.2. The number of anilines is 1. The van der Waals surface area contributed by atoms with Gasteiger partial charge in [-0.3, -0.25) is 9.58 Å². The van der Waals surface area contributed by atoms with Crippen molar-refractivity contribution in [2.24, 2.45) is 7.05 Å². The molecule has 0 spiro atoms. The summed E-state index contributed by atoms with van der Waals surface area (Å²) in [6.45, 7) is 7.23. The van der Waals surface area contributed by atoms with Gasteiger partial charge in [0.2, 0.25) is 0 Å². The Balaban J connectivity index is 1.50. The molecule has 140 valence electrons. The van der Waals surface area contributed by atoms with Gasteiger partial charge in [0.15, 0.2) is 5.82 Å². The predicted octanol–water partition coefficient (Wildman–Crippen LogP) is 2.90. The van der Waals surface area contributed by atoms with Crippen molar-refractivity contribution in [3.63, 3.8) is 0 Å². The van der Waals surface area contributed by atoms with E-state index in [1.54, 1.807) is 6.20 Å². The van der Waals surface area contributed by atoms with Crippen LogP contribution in [0.1, 0.15) is 17.5 Å². The van der Waals surface area contributed by atoms with Crippen LogP contribution in [0.2, 0.25) is 0 Å². The molecule has 6 nitrogen and oxygen atoms in total. The summed E-state index contributed by atoms with van der Waals surface area (Å²) < 4.78 is 1.87. The Kier molecular flexibility index (Phi) is 5.16. The zero-order valence-electron chi connectivity index (χ0n) is 16.0. The summed E-state index contributed by atoms with van der Waals surface area (Å²) in [5.41, 5.74) is 5.12. The van der Waals surface area contributed by atoms with Crippen LogP contribution >= 0.6 is 0 Å². The van der Waals surface area contributed by atoms with Crippen molar-refractivity contribution in [2.75, 3.05) is 31.1 Å². The fourth-order valence-electron chi connectivity index (χ4n) is 3.72. The van der Waals surface area contributed by atoms with Crippen LogP contribution in [0, 0.1) is 6.92 Å². The van der Waals surface area contributed by atoms with E-state index in [1.165, 1.54) is 22.3 Å². The molecule has 1 aliphatic heterocycles. The second kappa shape index (κ2) is 7.88. The normalized spacial score (nSPS) is 15.7. The summed E-state index contributed by atoms with van der Waals surface area (Å²) >= 11 is 0. The average molecular weight is 362 g/mol. The first kappa shape index (κ1) is 17.7. The van der Waals surface area contributed by atoms with Gasteiger partial charge >= 0.3 is 0 Å². The van der Waals surface area contributed by atoms with Crippen LogP contribution in [-0.4, -0.2) is 51.1 Å². The second-order valence-electron chi connectivity index (χ2n) is 7.26. The highest BCUT2D eigenvalue weighted by atomic mass is 15.3. The van der Waals surface area contributed by atoms with Crippen LogP contribution in [0.4, 0.5) is 5.82 Å². The van der Waals surface area contributed by atoms with E-state index in [2.05, 4.69) is 56.4 Å². The van der Waals surface area contributed by atoms with E-state index < -0.39 is 0 Å². The molecule has 0 amide bonds. The molecule has 3 aromatic rings. The van der Waals surface area contributed by atoms with Gasteiger partial charge in [-0.25, -0.2) is 0 Å². The van der Waals surface area contributed by atoms with Crippen LogP contribution in [0.15, 0.2) is 48.9 Å². The van der Waals surface area contributed by atoms with Gasteiger partial charge in [0.05, 0.1) is 6.20 Å². The van der Waals surface area contributed by atoms with Gasteiger partial charge in [-0.05, 0) is 36.6 Å². The number of aryl methyl sites for hydroxylation is 2. The lowest BCUT2D eigenvalue weighted by Crippen LogP contribution is -2.31. The summed E-state index contributed by atoms with van der Waals surface area (Å²) in [7, 11) is 1.97. The Bertz CT molecular complexity index is 889. The molecule has 1 aromatic carbocycles. The Morgan fingerprint density at radius 3 is 2.78 bits per heavy atom. The number of rotatable bonds is 4. The number of benzene rings is 1. The second-order valence-corrected chi connectivity index (χ2v) is 7.26. The number of hydrogen-bond donors (Lipinski definition) is 0.